The van der Waals surface area contributed by atoms with Crippen LogP contribution < -0.4 is 5.73 Å². The third-order valence-corrected chi connectivity index (χ3v) is 2.39. The number of thiol groups is 1. The van der Waals surface area contributed by atoms with E-state index in [4.69, 9.17) is 21.7 Å². The normalized spacial score (nSPS) is 8.95. The molecule has 0 saturated carbocycles. The average Bonchev–Trinajstić information content (AvgIpc) is 2.38. The molecule has 0 bridgehead atoms. The molecule has 1 rings (SSSR count). The summed E-state index contributed by atoms with van der Waals surface area (Å²) >= 11 is 8.03. The van der Waals surface area contributed by atoms with Crippen LogP contribution >= 0.6 is 24.8 Å². The molecule has 0 saturated heterocycles. The Labute approximate surface area is 128 Å². The molecule has 0 spiro atoms. The Bertz CT molecular complexity index is 449. The van der Waals surface area contributed by atoms with Crippen molar-refractivity contribution in [2.24, 2.45) is 5.73 Å². The Morgan fingerprint density at radius 1 is 1.50 bits per heavy atom. The smallest absolute Gasteiger partial charge is 0.273 e. The molecule has 1 aromatic heterocycles. The summed E-state index contributed by atoms with van der Waals surface area (Å²) < 4.78 is 5.21. The van der Waals surface area contributed by atoms with Crippen molar-refractivity contribution in [3.05, 3.63) is 30.1 Å². The van der Waals surface area contributed by atoms with Gasteiger partial charge in [0.15, 0.2) is 5.78 Å². The molecule has 0 unspecified atom stereocenters. The second kappa shape index (κ2) is 10.2. The highest BCUT2D eigenvalue weighted by atomic mass is 32.1. The van der Waals surface area contributed by atoms with Gasteiger partial charge in [0.1, 0.15) is 0 Å². The van der Waals surface area contributed by atoms with Crippen LogP contribution in [0, 0.1) is 0 Å². The summed E-state index contributed by atoms with van der Waals surface area (Å²) in [6.07, 6.45) is 3.49. The summed E-state index contributed by atoms with van der Waals surface area (Å²) in [5, 5.41) is -0.251. The predicted molar refractivity (Wildman–Crippen MR) is 84.0 cm³/mol. The topological polar surface area (TPSA) is 85.5 Å². The number of rotatable bonds is 4. The monoisotopic (exact) mass is 315 g/mol. The van der Waals surface area contributed by atoms with Crippen molar-refractivity contribution in [2.45, 2.75) is 6.42 Å². The quantitative estimate of drug-likeness (QED) is 0.498. The number of pyridine rings is 1. The summed E-state index contributed by atoms with van der Waals surface area (Å²) in [6, 6.07) is 3.47. The number of hydrogen-bond donors (Lipinski definition) is 2. The molecule has 0 aromatic carbocycles. The van der Waals surface area contributed by atoms with E-state index in [9.17, 15) is 4.79 Å². The van der Waals surface area contributed by atoms with Gasteiger partial charge < -0.3 is 15.4 Å². The van der Waals surface area contributed by atoms with E-state index in [1.165, 1.54) is 0 Å². The molecule has 0 fully saturated rings. The van der Waals surface area contributed by atoms with Crippen LogP contribution in [-0.2, 0) is 4.74 Å². The third kappa shape index (κ3) is 9.29. The third-order valence-electron chi connectivity index (χ3n) is 1.90. The first-order valence-corrected chi connectivity index (χ1v) is 6.45. The van der Waals surface area contributed by atoms with Crippen LogP contribution in [0.15, 0.2) is 24.5 Å². The average molecular weight is 315 g/mol. The molecule has 0 aliphatic rings. The zero-order valence-corrected chi connectivity index (χ0v) is 13.0. The highest BCUT2D eigenvalue weighted by molar-refractivity contribution is 7.96. The maximum atomic E-state index is 11.6. The van der Waals surface area contributed by atoms with Crippen LogP contribution in [0.5, 0.6) is 0 Å². The Morgan fingerprint density at radius 3 is 2.55 bits per heavy atom. The van der Waals surface area contributed by atoms with Crippen LogP contribution in [-0.4, -0.2) is 46.8 Å². The summed E-state index contributed by atoms with van der Waals surface area (Å²) in [6.45, 7) is 0.296. The Balaban J connectivity index is 0.000000796. The molecule has 6 nitrogen and oxygen atoms in total. The summed E-state index contributed by atoms with van der Waals surface area (Å²) in [5.41, 5.74) is 4.94. The number of hydrogen-bond acceptors (Lipinski definition) is 5. The van der Waals surface area contributed by atoms with E-state index in [0.717, 1.165) is 0 Å². The van der Waals surface area contributed by atoms with E-state index in [2.05, 4.69) is 23.3 Å². The number of nitrogens with zero attached hydrogens (tertiary/aromatic N) is 2. The van der Waals surface area contributed by atoms with Gasteiger partial charge in [-0.25, -0.2) is 0 Å². The van der Waals surface area contributed by atoms with Gasteiger partial charge in [-0.2, -0.15) is 0 Å². The van der Waals surface area contributed by atoms with Crippen molar-refractivity contribution >= 4 is 41.0 Å². The lowest BCUT2D eigenvalue weighted by Crippen LogP contribution is -2.23. The zero-order chi connectivity index (χ0) is 15.5. The first kappa shape index (κ1) is 18.3. The van der Waals surface area contributed by atoms with Crippen LogP contribution in [0.2, 0.25) is 0 Å². The molecule has 0 aliphatic carbocycles. The first-order valence-electron chi connectivity index (χ1n) is 5.60. The fraction of sp³-hybridized carbons (Fsp3) is 0.333. The second-order valence-corrected chi connectivity index (χ2v) is 4.55. The molecule has 1 aromatic rings. The van der Waals surface area contributed by atoms with E-state index in [0.29, 0.717) is 23.8 Å². The minimum absolute atomic E-state index is 0.00894. The number of carbonyl (C=O) groups excluding carboxylic acids is 2. The van der Waals surface area contributed by atoms with Crippen LogP contribution in [0.25, 0.3) is 0 Å². The fourth-order valence-electron chi connectivity index (χ4n) is 1.03. The van der Waals surface area contributed by atoms with E-state index in [-0.39, 0.29) is 5.78 Å². The first-order chi connectivity index (χ1) is 9.34. The van der Waals surface area contributed by atoms with Gasteiger partial charge in [-0.3, -0.25) is 14.6 Å². The standard InChI is InChI=1S/C11H14N2O2S.CH3NOS/c1-13(2)11(16)15-7-5-10(14)9-4-3-6-12-8-9;2-1(3)4/h3-4,6,8H,5,7H2,1-2H3;(H3,2,3,4). The van der Waals surface area contributed by atoms with Crippen molar-refractivity contribution in [3.8, 4) is 0 Å². The van der Waals surface area contributed by atoms with Gasteiger partial charge >= 0.3 is 0 Å². The molecule has 8 heteroatoms. The van der Waals surface area contributed by atoms with Crippen molar-refractivity contribution < 1.29 is 14.3 Å². The molecular formula is C12H17N3O3S2. The number of thiocarbonyl (C=S) groups is 1. The summed E-state index contributed by atoms with van der Waals surface area (Å²) in [5.74, 6) is 0.00894. The molecule has 2 N–H and O–H groups in total. The number of ether oxygens (including phenoxy) is 1. The van der Waals surface area contributed by atoms with Crippen molar-refractivity contribution in [1.29, 1.82) is 0 Å². The van der Waals surface area contributed by atoms with E-state index < -0.39 is 5.24 Å². The number of amides is 1. The zero-order valence-electron chi connectivity index (χ0n) is 11.3. The minimum atomic E-state index is -0.639. The molecule has 0 radical (unpaired) electrons. The van der Waals surface area contributed by atoms with Crippen LogP contribution in [0.1, 0.15) is 16.8 Å². The fourth-order valence-corrected chi connectivity index (χ4v) is 1.12. The van der Waals surface area contributed by atoms with Gasteiger partial charge in [0.25, 0.3) is 10.4 Å². The highest BCUT2D eigenvalue weighted by Crippen LogP contribution is 2.01. The van der Waals surface area contributed by atoms with Crippen molar-refractivity contribution in [2.75, 3.05) is 20.7 Å². The van der Waals surface area contributed by atoms with Gasteiger partial charge in [-0.05, 0) is 24.4 Å². The van der Waals surface area contributed by atoms with Crippen molar-refractivity contribution in [3.63, 3.8) is 0 Å². The van der Waals surface area contributed by atoms with Gasteiger partial charge in [0, 0.05) is 38.5 Å². The maximum absolute atomic E-state index is 11.6. The summed E-state index contributed by atoms with van der Waals surface area (Å²) in [7, 11) is 3.59. The molecule has 110 valence electrons. The number of primary amides is 1. The number of carbonyl (C=O) groups is 2. The number of Topliss-reactive ketones (excluding diaryl/α,β-unsaturated/α-hetero) is 1. The van der Waals surface area contributed by atoms with E-state index in [1.54, 1.807) is 43.5 Å². The Kier molecular flexibility index (Phi) is 9.31. The lowest BCUT2D eigenvalue weighted by atomic mass is 10.1. The highest BCUT2D eigenvalue weighted by Gasteiger charge is 2.06. The Morgan fingerprint density at radius 2 is 2.10 bits per heavy atom. The van der Waals surface area contributed by atoms with Gasteiger partial charge in [-0.15, -0.1) is 0 Å². The van der Waals surface area contributed by atoms with Crippen LogP contribution in [0.4, 0.5) is 4.79 Å². The Hall–Kier alpha value is -1.67. The second-order valence-electron chi connectivity index (χ2n) is 3.76. The number of nitrogens with two attached hydrogens (primary N) is 1. The molecule has 1 amide bonds. The van der Waals surface area contributed by atoms with Gasteiger partial charge in [0.05, 0.1) is 6.61 Å². The van der Waals surface area contributed by atoms with E-state index in [1.807, 2.05) is 0 Å². The number of aromatic nitrogens is 1. The van der Waals surface area contributed by atoms with Gasteiger partial charge in [0.2, 0.25) is 0 Å². The number of ketones is 1. The maximum Gasteiger partial charge on any atom is 0.273 e. The predicted octanol–water partition coefficient (Wildman–Crippen LogP) is 1.51. The molecule has 0 atom stereocenters. The summed E-state index contributed by atoms with van der Waals surface area (Å²) in [4.78, 5) is 26.3. The van der Waals surface area contributed by atoms with Crippen molar-refractivity contribution in [1.82, 2.24) is 9.88 Å². The SMILES string of the molecule is CN(C)C(=S)OCCC(=O)c1cccnc1.NC(=O)S. The largest absolute Gasteiger partial charge is 0.470 e. The lowest BCUT2D eigenvalue weighted by molar-refractivity contribution is 0.0956. The molecule has 20 heavy (non-hydrogen) atoms. The molecular weight excluding hydrogens is 298 g/mol. The molecule has 1 heterocycles. The van der Waals surface area contributed by atoms with E-state index >= 15 is 0 Å². The molecule has 0 aliphatic heterocycles. The minimum Gasteiger partial charge on any atom is -0.470 e. The lowest BCUT2D eigenvalue weighted by Gasteiger charge is -2.13. The van der Waals surface area contributed by atoms with Gasteiger partial charge in [-0.1, -0.05) is 12.6 Å². The van der Waals surface area contributed by atoms with Crippen LogP contribution in [0.3, 0.4) is 0 Å².